The van der Waals surface area contributed by atoms with Crippen LogP contribution in [0, 0.1) is 13.8 Å². The van der Waals surface area contributed by atoms with E-state index >= 15 is 0 Å². The molecule has 3 heterocycles. The molecule has 10 heteroatoms. The van der Waals surface area contributed by atoms with Gasteiger partial charge in [-0.2, -0.15) is 0 Å². The van der Waals surface area contributed by atoms with Crippen molar-refractivity contribution in [3.8, 4) is 0 Å². The fourth-order valence-electron chi connectivity index (χ4n) is 2.58. The molecule has 9 nitrogen and oxygen atoms in total. The predicted molar refractivity (Wildman–Crippen MR) is 94.8 cm³/mol. The molecule has 3 rings (SSSR count). The van der Waals surface area contributed by atoms with Gasteiger partial charge in [0.1, 0.15) is 5.76 Å². The van der Waals surface area contributed by atoms with E-state index in [1.54, 1.807) is 13.8 Å². The van der Waals surface area contributed by atoms with Gasteiger partial charge >= 0.3 is 0 Å². The van der Waals surface area contributed by atoms with E-state index < -0.39 is 0 Å². The normalized spacial score (nSPS) is 14.3. The van der Waals surface area contributed by atoms with Crippen LogP contribution in [0.3, 0.4) is 0 Å². The molecular formula is C16H21N5O4S. The molecule has 1 saturated heterocycles. The van der Waals surface area contributed by atoms with Crippen molar-refractivity contribution in [2.75, 3.05) is 31.2 Å². The van der Waals surface area contributed by atoms with Crippen molar-refractivity contribution in [2.24, 2.45) is 0 Å². The van der Waals surface area contributed by atoms with Crippen LogP contribution in [0.15, 0.2) is 9.90 Å². The molecule has 2 N–H and O–H groups in total. The van der Waals surface area contributed by atoms with E-state index in [4.69, 9.17) is 9.26 Å². The first kappa shape index (κ1) is 18.3. The number of morpholine rings is 1. The van der Waals surface area contributed by atoms with Gasteiger partial charge in [0.05, 0.1) is 37.4 Å². The van der Waals surface area contributed by atoms with Crippen molar-refractivity contribution in [3.63, 3.8) is 0 Å². The molecule has 140 valence electrons. The Morgan fingerprint density at radius 1 is 1.19 bits per heavy atom. The molecule has 0 atom stereocenters. The lowest BCUT2D eigenvalue weighted by Gasteiger charge is -2.26. The predicted octanol–water partition coefficient (Wildman–Crippen LogP) is 0.517. The summed E-state index contributed by atoms with van der Waals surface area (Å²) in [6.07, 6.45) is 0.200. The highest BCUT2D eigenvalue weighted by molar-refractivity contribution is 7.13. The number of amides is 2. The smallest absolute Gasteiger partial charge is 0.244 e. The molecule has 2 aromatic heterocycles. The Kier molecular flexibility index (Phi) is 5.84. The first-order valence-corrected chi connectivity index (χ1v) is 9.17. The Hall–Kier alpha value is -2.46. The van der Waals surface area contributed by atoms with Crippen LogP contribution in [-0.2, 0) is 27.2 Å². The summed E-state index contributed by atoms with van der Waals surface area (Å²) in [5.74, 6) is -0.0573. The molecule has 0 aromatic carbocycles. The molecule has 2 aromatic rings. The van der Waals surface area contributed by atoms with Crippen LogP contribution in [0.25, 0.3) is 0 Å². The summed E-state index contributed by atoms with van der Waals surface area (Å²) < 4.78 is 10.3. The Balaban J connectivity index is 1.45. The van der Waals surface area contributed by atoms with Gasteiger partial charge in [-0.15, -0.1) is 11.3 Å². The van der Waals surface area contributed by atoms with Gasteiger partial charge < -0.3 is 14.2 Å². The van der Waals surface area contributed by atoms with E-state index in [1.165, 1.54) is 11.3 Å². The maximum Gasteiger partial charge on any atom is 0.244 e. The highest BCUT2D eigenvalue weighted by Crippen LogP contribution is 2.21. The third kappa shape index (κ3) is 4.58. The standard InChI is InChI=1S/C16H21N5O4S/c1-10-13(11(2)25-20-10)8-15(23)19-18-14(22)7-12-9-26-16(17-12)21-3-5-24-6-4-21/h9H,3-8H2,1-2H3,(H,18,22)(H,19,23). The van der Waals surface area contributed by atoms with Gasteiger partial charge in [0.25, 0.3) is 0 Å². The summed E-state index contributed by atoms with van der Waals surface area (Å²) in [5, 5.41) is 6.54. The average Bonchev–Trinajstić information content (AvgIpc) is 3.23. The SMILES string of the molecule is Cc1noc(C)c1CC(=O)NNC(=O)Cc1csc(N2CCOCC2)n1. The number of anilines is 1. The number of nitrogens with one attached hydrogen (secondary N) is 2. The Morgan fingerprint density at radius 3 is 2.54 bits per heavy atom. The van der Waals surface area contributed by atoms with Gasteiger partial charge in [-0.25, -0.2) is 4.98 Å². The van der Waals surface area contributed by atoms with Crippen LogP contribution in [0.4, 0.5) is 5.13 Å². The summed E-state index contributed by atoms with van der Waals surface area (Å²) >= 11 is 1.50. The zero-order valence-electron chi connectivity index (χ0n) is 14.7. The van der Waals surface area contributed by atoms with Gasteiger partial charge in [-0.3, -0.25) is 20.4 Å². The molecule has 26 heavy (non-hydrogen) atoms. The molecule has 0 aliphatic carbocycles. The number of ether oxygens (including phenoxy) is 1. The summed E-state index contributed by atoms with van der Waals surface area (Å²) in [6.45, 7) is 6.49. The van der Waals surface area contributed by atoms with Gasteiger partial charge in [-0.05, 0) is 13.8 Å². The van der Waals surface area contributed by atoms with Crippen molar-refractivity contribution in [1.29, 1.82) is 0 Å². The number of thiazole rings is 1. The fraction of sp³-hybridized carbons (Fsp3) is 0.500. The lowest BCUT2D eigenvalue weighted by atomic mass is 10.1. The van der Waals surface area contributed by atoms with E-state index in [0.717, 1.165) is 23.8 Å². The van der Waals surface area contributed by atoms with E-state index in [2.05, 4.69) is 25.9 Å². The van der Waals surface area contributed by atoms with E-state index in [0.29, 0.717) is 30.4 Å². The zero-order valence-corrected chi connectivity index (χ0v) is 15.5. The zero-order chi connectivity index (χ0) is 18.5. The summed E-state index contributed by atoms with van der Waals surface area (Å²) in [5.41, 5.74) is 6.89. The van der Waals surface area contributed by atoms with Crippen molar-refractivity contribution in [1.82, 2.24) is 21.0 Å². The minimum Gasteiger partial charge on any atom is -0.378 e. The van der Waals surface area contributed by atoms with Crippen LogP contribution in [0.5, 0.6) is 0 Å². The summed E-state index contributed by atoms with van der Waals surface area (Å²) in [7, 11) is 0. The summed E-state index contributed by atoms with van der Waals surface area (Å²) in [6, 6.07) is 0. The monoisotopic (exact) mass is 379 g/mol. The molecular weight excluding hydrogens is 358 g/mol. The first-order chi connectivity index (χ1) is 12.5. The van der Waals surface area contributed by atoms with Gasteiger partial charge in [0, 0.05) is 24.0 Å². The molecule has 0 radical (unpaired) electrons. The van der Waals surface area contributed by atoms with Gasteiger partial charge in [0.15, 0.2) is 5.13 Å². The first-order valence-electron chi connectivity index (χ1n) is 8.29. The summed E-state index contributed by atoms with van der Waals surface area (Å²) in [4.78, 5) is 30.6. The third-order valence-corrected chi connectivity index (χ3v) is 4.97. The van der Waals surface area contributed by atoms with Crippen LogP contribution in [0.1, 0.15) is 22.7 Å². The largest absolute Gasteiger partial charge is 0.378 e. The highest BCUT2D eigenvalue weighted by Gasteiger charge is 2.17. The lowest BCUT2D eigenvalue weighted by Crippen LogP contribution is -2.43. The fourth-order valence-corrected chi connectivity index (χ4v) is 3.46. The maximum absolute atomic E-state index is 12.0. The number of aryl methyl sites for hydroxylation is 2. The minimum absolute atomic E-state index is 0.0966. The highest BCUT2D eigenvalue weighted by atomic mass is 32.1. The second-order valence-corrected chi connectivity index (χ2v) is 6.81. The number of hydrogen-bond acceptors (Lipinski definition) is 8. The second-order valence-electron chi connectivity index (χ2n) is 5.97. The maximum atomic E-state index is 12.0. The molecule has 2 amide bonds. The Labute approximate surface area is 154 Å². The number of rotatable bonds is 5. The molecule has 1 aliphatic rings. The van der Waals surface area contributed by atoms with Crippen LogP contribution < -0.4 is 15.8 Å². The molecule has 0 saturated carbocycles. The van der Waals surface area contributed by atoms with Crippen molar-refractivity contribution in [3.05, 3.63) is 28.1 Å². The van der Waals surface area contributed by atoms with Crippen molar-refractivity contribution >= 4 is 28.3 Å². The molecule has 1 fully saturated rings. The van der Waals surface area contributed by atoms with Crippen LogP contribution in [0.2, 0.25) is 0 Å². The number of carbonyl (C=O) groups excluding carboxylic acids is 2. The second kappa shape index (κ2) is 8.28. The van der Waals surface area contributed by atoms with Crippen LogP contribution in [-0.4, -0.2) is 48.3 Å². The minimum atomic E-state index is -0.333. The quantitative estimate of drug-likeness (QED) is 0.729. The lowest BCUT2D eigenvalue weighted by molar-refractivity contribution is -0.128. The number of carbonyl (C=O) groups is 2. The molecule has 0 bridgehead atoms. The topological polar surface area (TPSA) is 110 Å². The molecule has 0 unspecified atom stereocenters. The molecule has 1 aliphatic heterocycles. The average molecular weight is 379 g/mol. The Bertz CT molecular complexity index is 762. The van der Waals surface area contributed by atoms with Crippen LogP contribution >= 0.6 is 11.3 Å². The number of aromatic nitrogens is 2. The number of hydrogen-bond donors (Lipinski definition) is 2. The van der Waals surface area contributed by atoms with E-state index in [-0.39, 0.29) is 24.7 Å². The Morgan fingerprint density at radius 2 is 1.88 bits per heavy atom. The number of nitrogens with zero attached hydrogens (tertiary/aromatic N) is 3. The van der Waals surface area contributed by atoms with E-state index in [1.807, 2.05) is 5.38 Å². The van der Waals surface area contributed by atoms with Crippen molar-refractivity contribution in [2.45, 2.75) is 26.7 Å². The van der Waals surface area contributed by atoms with E-state index in [9.17, 15) is 9.59 Å². The van der Waals surface area contributed by atoms with Gasteiger partial charge in [0.2, 0.25) is 11.8 Å². The third-order valence-electron chi connectivity index (χ3n) is 4.02. The van der Waals surface area contributed by atoms with Gasteiger partial charge in [-0.1, -0.05) is 5.16 Å². The van der Waals surface area contributed by atoms with Crippen molar-refractivity contribution < 1.29 is 18.8 Å². The number of hydrazine groups is 1. The molecule has 0 spiro atoms.